The van der Waals surface area contributed by atoms with E-state index in [-0.39, 0.29) is 11.9 Å². The van der Waals surface area contributed by atoms with Crippen LogP contribution in [0.15, 0.2) is 0 Å². The van der Waals surface area contributed by atoms with Gasteiger partial charge in [0.05, 0.1) is 18.8 Å². The lowest BCUT2D eigenvalue weighted by molar-refractivity contribution is -0.143. The molecule has 0 atom stereocenters. The molecule has 1 aliphatic carbocycles. The summed E-state index contributed by atoms with van der Waals surface area (Å²) < 4.78 is 4.80. The van der Waals surface area contributed by atoms with Gasteiger partial charge >= 0.3 is 5.97 Å². The van der Waals surface area contributed by atoms with Crippen molar-refractivity contribution in [2.75, 3.05) is 32.8 Å². The number of β-amino-alcohol motifs (C(OH)–C–C–N with tert-alkyl or cyclic N) is 1. The maximum atomic E-state index is 11.7. The fourth-order valence-corrected chi connectivity index (χ4v) is 2.67. The molecule has 0 unspecified atom stereocenters. The lowest BCUT2D eigenvalue weighted by Gasteiger charge is -2.46. The number of ether oxygens (including phenoxy) is 1. The van der Waals surface area contributed by atoms with Crippen LogP contribution in [0.4, 0.5) is 0 Å². The summed E-state index contributed by atoms with van der Waals surface area (Å²) in [6, 6.07) is 0. The van der Waals surface area contributed by atoms with E-state index in [1.54, 1.807) is 6.92 Å². The lowest BCUT2D eigenvalue weighted by atomic mass is 9.89. The number of carbonyl (C=O) groups excluding carboxylic acids is 2. The van der Waals surface area contributed by atoms with Crippen LogP contribution in [0.5, 0.6) is 0 Å². The highest BCUT2D eigenvalue weighted by molar-refractivity contribution is 5.78. The van der Waals surface area contributed by atoms with Crippen LogP contribution in [-0.4, -0.2) is 60.3 Å². The first-order valence-electron chi connectivity index (χ1n) is 7.40. The van der Waals surface area contributed by atoms with Crippen LogP contribution in [-0.2, 0) is 14.3 Å². The summed E-state index contributed by atoms with van der Waals surface area (Å²) in [7, 11) is 0. The molecular weight excluding hydrogens is 260 g/mol. The monoisotopic (exact) mass is 284 g/mol. The Labute approximate surface area is 119 Å². The molecule has 1 amide bonds. The summed E-state index contributed by atoms with van der Waals surface area (Å²) in [5, 5.41) is 12.9. The molecule has 2 rings (SSSR count). The van der Waals surface area contributed by atoms with Crippen molar-refractivity contribution in [2.24, 2.45) is 5.92 Å². The van der Waals surface area contributed by atoms with Crippen LogP contribution in [0.3, 0.4) is 0 Å². The maximum Gasteiger partial charge on any atom is 0.305 e. The Morgan fingerprint density at radius 1 is 1.40 bits per heavy atom. The second-order valence-corrected chi connectivity index (χ2v) is 5.78. The highest BCUT2D eigenvalue weighted by Crippen LogP contribution is 2.44. The summed E-state index contributed by atoms with van der Waals surface area (Å²) in [6.45, 7) is 4.19. The van der Waals surface area contributed by atoms with E-state index in [0.29, 0.717) is 51.5 Å². The largest absolute Gasteiger partial charge is 0.466 e. The Morgan fingerprint density at radius 2 is 2.10 bits per heavy atom. The first kappa shape index (κ1) is 15.3. The van der Waals surface area contributed by atoms with E-state index >= 15 is 0 Å². The SMILES string of the molecule is CCOC(=O)CCCNC(=O)CN1CC(O)(C2CC2)C1. The minimum atomic E-state index is -0.538. The van der Waals surface area contributed by atoms with Gasteiger partial charge in [-0.25, -0.2) is 0 Å². The van der Waals surface area contributed by atoms with E-state index in [1.165, 1.54) is 0 Å². The normalized spacial score (nSPS) is 21.1. The molecule has 0 aromatic heterocycles. The average Bonchev–Trinajstić information content (AvgIpc) is 3.17. The van der Waals surface area contributed by atoms with Crippen LogP contribution in [0, 0.1) is 5.92 Å². The Bertz CT molecular complexity index is 362. The van der Waals surface area contributed by atoms with Gasteiger partial charge in [0.15, 0.2) is 0 Å². The van der Waals surface area contributed by atoms with E-state index in [4.69, 9.17) is 4.74 Å². The number of nitrogens with one attached hydrogen (secondary N) is 1. The molecule has 0 spiro atoms. The Hall–Kier alpha value is -1.14. The predicted octanol–water partition coefficient (Wildman–Crippen LogP) is -0.0974. The van der Waals surface area contributed by atoms with Crippen molar-refractivity contribution < 1.29 is 19.4 Å². The molecule has 114 valence electrons. The predicted molar refractivity (Wildman–Crippen MR) is 73.0 cm³/mol. The molecule has 20 heavy (non-hydrogen) atoms. The number of rotatable bonds is 8. The van der Waals surface area contributed by atoms with Crippen molar-refractivity contribution >= 4 is 11.9 Å². The highest BCUT2D eigenvalue weighted by atomic mass is 16.5. The van der Waals surface area contributed by atoms with Crippen molar-refractivity contribution in [3.05, 3.63) is 0 Å². The fraction of sp³-hybridized carbons (Fsp3) is 0.857. The van der Waals surface area contributed by atoms with E-state index < -0.39 is 5.60 Å². The van der Waals surface area contributed by atoms with Crippen molar-refractivity contribution in [3.8, 4) is 0 Å². The zero-order chi connectivity index (χ0) is 14.6. The summed E-state index contributed by atoms with van der Waals surface area (Å²) in [4.78, 5) is 24.7. The van der Waals surface area contributed by atoms with E-state index in [2.05, 4.69) is 5.32 Å². The highest BCUT2D eigenvalue weighted by Gasteiger charge is 2.51. The number of nitrogens with zero attached hydrogens (tertiary/aromatic N) is 1. The van der Waals surface area contributed by atoms with Crippen LogP contribution < -0.4 is 5.32 Å². The molecule has 2 fully saturated rings. The van der Waals surface area contributed by atoms with Crippen LogP contribution >= 0.6 is 0 Å². The fourth-order valence-electron chi connectivity index (χ4n) is 2.67. The van der Waals surface area contributed by atoms with Crippen LogP contribution in [0.2, 0.25) is 0 Å². The average molecular weight is 284 g/mol. The number of hydrogen-bond donors (Lipinski definition) is 2. The van der Waals surface area contributed by atoms with E-state index in [9.17, 15) is 14.7 Å². The third-order valence-corrected chi connectivity index (χ3v) is 3.88. The molecule has 2 aliphatic rings. The summed E-state index contributed by atoms with van der Waals surface area (Å²) in [5.41, 5.74) is -0.538. The molecule has 1 saturated carbocycles. The third kappa shape index (κ3) is 4.18. The van der Waals surface area contributed by atoms with Gasteiger partial charge in [0.2, 0.25) is 5.91 Å². The summed E-state index contributed by atoms with van der Waals surface area (Å²) in [6.07, 6.45) is 3.16. The second-order valence-electron chi connectivity index (χ2n) is 5.78. The lowest BCUT2D eigenvalue weighted by Crippen LogP contribution is -2.64. The summed E-state index contributed by atoms with van der Waals surface area (Å²) >= 11 is 0. The van der Waals surface area contributed by atoms with E-state index in [0.717, 1.165) is 12.8 Å². The third-order valence-electron chi connectivity index (χ3n) is 3.88. The van der Waals surface area contributed by atoms with Crippen molar-refractivity contribution in [3.63, 3.8) is 0 Å². The zero-order valence-corrected chi connectivity index (χ0v) is 12.1. The molecule has 0 aromatic rings. The van der Waals surface area contributed by atoms with Gasteiger partial charge in [-0.15, -0.1) is 0 Å². The molecule has 2 N–H and O–H groups in total. The Balaban J connectivity index is 1.50. The number of carbonyl (C=O) groups is 2. The molecule has 1 saturated heterocycles. The number of amides is 1. The molecule has 0 radical (unpaired) electrons. The molecule has 0 aromatic carbocycles. The number of likely N-dealkylation sites (tertiary alicyclic amines) is 1. The quantitative estimate of drug-likeness (QED) is 0.481. The molecule has 6 heteroatoms. The maximum absolute atomic E-state index is 11.7. The smallest absolute Gasteiger partial charge is 0.305 e. The molecular formula is C14H24N2O4. The van der Waals surface area contributed by atoms with Gasteiger partial charge in [-0.2, -0.15) is 0 Å². The molecule has 0 bridgehead atoms. The van der Waals surface area contributed by atoms with Gasteiger partial charge in [0, 0.05) is 26.1 Å². The van der Waals surface area contributed by atoms with Gasteiger partial charge in [-0.3, -0.25) is 14.5 Å². The molecule has 6 nitrogen and oxygen atoms in total. The minimum Gasteiger partial charge on any atom is -0.466 e. The number of esters is 1. The molecule has 1 aliphatic heterocycles. The van der Waals surface area contributed by atoms with Crippen molar-refractivity contribution in [2.45, 2.75) is 38.2 Å². The number of hydrogen-bond acceptors (Lipinski definition) is 5. The second kappa shape index (κ2) is 6.54. The minimum absolute atomic E-state index is 0.0493. The number of aliphatic hydroxyl groups is 1. The first-order valence-corrected chi connectivity index (χ1v) is 7.40. The van der Waals surface area contributed by atoms with Crippen molar-refractivity contribution in [1.82, 2.24) is 10.2 Å². The summed E-state index contributed by atoms with van der Waals surface area (Å²) in [5.74, 6) is 0.178. The Morgan fingerprint density at radius 3 is 2.70 bits per heavy atom. The van der Waals surface area contributed by atoms with Crippen LogP contribution in [0.25, 0.3) is 0 Å². The standard InChI is InChI=1S/C14H24N2O4/c1-2-20-13(18)4-3-7-15-12(17)8-16-9-14(19,10-16)11-5-6-11/h11,19H,2-10H2,1H3,(H,15,17). The topological polar surface area (TPSA) is 78.9 Å². The van der Waals surface area contributed by atoms with Gasteiger partial charge < -0.3 is 15.2 Å². The van der Waals surface area contributed by atoms with Crippen molar-refractivity contribution in [1.29, 1.82) is 0 Å². The van der Waals surface area contributed by atoms with Crippen LogP contribution in [0.1, 0.15) is 32.6 Å². The first-order chi connectivity index (χ1) is 9.53. The zero-order valence-electron chi connectivity index (χ0n) is 12.1. The Kier molecular flexibility index (Phi) is 4.99. The van der Waals surface area contributed by atoms with E-state index in [1.807, 2.05) is 4.90 Å². The van der Waals surface area contributed by atoms with Gasteiger partial charge in [-0.05, 0) is 32.1 Å². The van der Waals surface area contributed by atoms with Gasteiger partial charge in [0.1, 0.15) is 0 Å². The van der Waals surface area contributed by atoms with Gasteiger partial charge in [0.25, 0.3) is 0 Å². The van der Waals surface area contributed by atoms with Gasteiger partial charge in [-0.1, -0.05) is 0 Å². The molecule has 1 heterocycles.